The lowest BCUT2D eigenvalue weighted by Crippen LogP contribution is -1.89. The zero-order chi connectivity index (χ0) is 11.5. The number of rotatable bonds is 2. The van der Waals surface area contributed by atoms with Crippen molar-refractivity contribution in [3.05, 3.63) is 47.1 Å². The highest BCUT2D eigenvalue weighted by Gasteiger charge is 2.05. The van der Waals surface area contributed by atoms with Gasteiger partial charge in [0.05, 0.1) is 10.7 Å². The lowest BCUT2D eigenvalue weighted by molar-refractivity contribution is 1.13. The summed E-state index contributed by atoms with van der Waals surface area (Å²) < 4.78 is 0. The molecule has 1 aromatic heterocycles. The molecule has 0 aliphatic heterocycles. The van der Waals surface area contributed by atoms with E-state index in [1.165, 1.54) is 0 Å². The van der Waals surface area contributed by atoms with Crippen LogP contribution < -0.4 is 5.73 Å². The van der Waals surface area contributed by atoms with Crippen LogP contribution in [-0.4, -0.2) is 4.98 Å². The number of aryl methyl sites for hydroxylation is 1. The normalized spacial score (nSPS) is 10.4. The Labute approximate surface area is 104 Å². The minimum Gasteiger partial charge on any atom is -0.398 e. The molecule has 0 amide bonds. The van der Waals surface area contributed by atoms with Gasteiger partial charge < -0.3 is 5.73 Å². The van der Waals surface area contributed by atoms with Crippen molar-refractivity contribution in [2.75, 3.05) is 5.73 Å². The first kappa shape index (κ1) is 11.3. The standard InChI is InChI=1S/C12H11ClN2S/c1-8-6-10(14)9(13)7-11(8)16-12-4-2-3-5-15-12/h2-7H,14H2,1H3. The topological polar surface area (TPSA) is 38.9 Å². The number of pyridine rings is 1. The van der Waals surface area contributed by atoms with Crippen LogP contribution in [0.25, 0.3) is 0 Å². The smallest absolute Gasteiger partial charge is 0.101 e. The third-order valence-corrected chi connectivity index (χ3v) is 3.58. The van der Waals surface area contributed by atoms with E-state index in [1.54, 1.807) is 18.0 Å². The average molecular weight is 251 g/mol. The minimum absolute atomic E-state index is 0.587. The lowest BCUT2D eigenvalue weighted by Gasteiger charge is -2.07. The lowest BCUT2D eigenvalue weighted by atomic mass is 10.2. The molecule has 2 N–H and O–H groups in total. The third-order valence-electron chi connectivity index (χ3n) is 2.15. The SMILES string of the molecule is Cc1cc(N)c(Cl)cc1Sc1ccccn1. The van der Waals surface area contributed by atoms with Crippen molar-refractivity contribution in [2.45, 2.75) is 16.8 Å². The maximum atomic E-state index is 5.99. The Bertz CT molecular complexity index is 500. The van der Waals surface area contributed by atoms with E-state index < -0.39 is 0 Å². The van der Waals surface area contributed by atoms with Gasteiger partial charge >= 0.3 is 0 Å². The van der Waals surface area contributed by atoms with Crippen LogP contribution in [0.1, 0.15) is 5.56 Å². The van der Waals surface area contributed by atoms with Crippen LogP contribution in [0.5, 0.6) is 0 Å². The third kappa shape index (κ3) is 2.49. The number of aromatic nitrogens is 1. The average Bonchev–Trinajstić information content (AvgIpc) is 2.27. The molecule has 0 saturated heterocycles. The van der Waals surface area contributed by atoms with Crippen LogP contribution in [0.4, 0.5) is 5.69 Å². The van der Waals surface area contributed by atoms with Gasteiger partial charge in [0.15, 0.2) is 0 Å². The van der Waals surface area contributed by atoms with Crippen molar-refractivity contribution in [3.63, 3.8) is 0 Å². The van der Waals surface area contributed by atoms with Gasteiger partial charge in [0.1, 0.15) is 5.03 Å². The molecule has 0 aliphatic carbocycles. The summed E-state index contributed by atoms with van der Waals surface area (Å²) in [6, 6.07) is 9.59. The van der Waals surface area contributed by atoms with Gasteiger partial charge in [-0.2, -0.15) is 0 Å². The van der Waals surface area contributed by atoms with Gasteiger partial charge in [-0.25, -0.2) is 4.98 Å². The second-order valence-corrected chi connectivity index (χ2v) is 4.88. The molecule has 4 heteroatoms. The molecule has 1 heterocycles. The fourth-order valence-corrected chi connectivity index (χ4v) is 2.43. The zero-order valence-electron chi connectivity index (χ0n) is 8.77. The molecular formula is C12H11ClN2S. The summed E-state index contributed by atoms with van der Waals surface area (Å²) in [5.41, 5.74) is 7.45. The molecule has 2 aromatic rings. The number of nitrogens with zero attached hydrogens (tertiary/aromatic N) is 1. The molecule has 0 unspecified atom stereocenters. The highest BCUT2D eigenvalue weighted by Crippen LogP contribution is 2.33. The van der Waals surface area contributed by atoms with E-state index in [2.05, 4.69) is 4.98 Å². The largest absolute Gasteiger partial charge is 0.398 e. The van der Waals surface area contributed by atoms with Crippen LogP contribution in [0.15, 0.2) is 46.5 Å². The summed E-state index contributed by atoms with van der Waals surface area (Å²) >= 11 is 7.58. The van der Waals surface area contributed by atoms with Gasteiger partial charge in [-0.1, -0.05) is 29.4 Å². The Balaban J connectivity index is 2.32. The Hall–Kier alpha value is -1.19. The zero-order valence-corrected chi connectivity index (χ0v) is 10.3. The molecule has 0 atom stereocenters. The molecule has 82 valence electrons. The Kier molecular flexibility index (Phi) is 3.36. The molecule has 0 radical (unpaired) electrons. The van der Waals surface area contributed by atoms with Crippen LogP contribution >= 0.6 is 23.4 Å². The molecule has 2 nitrogen and oxygen atoms in total. The van der Waals surface area contributed by atoms with E-state index in [4.69, 9.17) is 17.3 Å². The molecule has 1 aromatic carbocycles. The second kappa shape index (κ2) is 4.76. The van der Waals surface area contributed by atoms with E-state index in [9.17, 15) is 0 Å². The van der Waals surface area contributed by atoms with Crippen molar-refractivity contribution < 1.29 is 0 Å². The van der Waals surface area contributed by atoms with E-state index >= 15 is 0 Å². The van der Waals surface area contributed by atoms with Crippen molar-refractivity contribution >= 4 is 29.1 Å². The Morgan fingerprint density at radius 2 is 2.12 bits per heavy atom. The fraction of sp³-hybridized carbons (Fsp3) is 0.0833. The van der Waals surface area contributed by atoms with E-state index in [0.29, 0.717) is 10.7 Å². The first-order valence-corrected chi connectivity index (χ1v) is 6.01. The number of nitrogen functional groups attached to an aromatic ring is 1. The monoisotopic (exact) mass is 250 g/mol. The van der Waals surface area contributed by atoms with Crippen molar-refractivity contribution in [1.82, 2.24) is 4.98 Å². The van der Waals surface area contributed by atoms with Gasteiger partial charge in [0, 0.05) is 11.1 Å². The first-order valence-electron chi connectivity index (χ1n) is 4.81. The molecule has 16 heavy (non-hydrogen) atoms. The minimum atomic E-state index is 0.587. The van der Waals surface area contributed by atoms with E-state index in [0.717, 1.165) is 15.5 Å². The molecule has 0 saturated carbocycles. The first-order chi connectivity index (χ1) is 7.66. The number of benzene rings is 1. The van der Waals surface area contributed by atoms with Crippen molar-refractivity contribution in [3.8, 4) is 0 Å². The summed E-state index contributed by atoms with van der Waals surface area (Å²) in [6.07, 6.45) is 1.77. The Morgan fingerprint density at radius 3 is 2.81 bits per heavy atom. The fourth-order valence-electron chi connectivity index (χ4n) is 1.32. The molecule has 0 spiro atoms. The highest BCUT2D eigenvalue weighted by molar-refractivity contribution is 7.99. The number of hydrogen-bond donors (Lipinski definition) is 1. The number of halogens is 1. The Morgan fingerprint density at radius 1 is 1.31 bits per heavy atom. The summed E-state index contributed by atoms with van der Waals surface area (Å²) in [7, 11) is 0. The summed E-state index contributed by atoms with van der Waals surface area (Å²) in [5.74, 6) is 0. The number of nitrogens with two attached hydrogens (primary N) is 1. The van der Waals surface area contributed by atoms with Gasteiger partial charge in [0.2, 0.25) is 0 Å². The van der Waals surface area contributed by atoms with Crippen molar-refractivity contribution in [2.24, 2.45) is 0 Å². The van der Waals surface area contributed by atoms with Crippen molar-refractivity contribution in [1.29, 1.82) is 0 Å². The van der Waals surface area contributed by atoms with Gasteiger partial charge in [-0.15, -0.1) is 0 Å². The maximum Gasteiger partial charge on any atom is 0.101 e. The highest BCUT2D eigenvalue weighted by atomic mass is 35.5. The van der Waals surface area contributed by atoms with Crippen LogP contribution in [0.2, 0.25) is 5.02 Å². The molecular weight excluding hydrogens is 240 g/mol. The van der Waals surface area contributed by atoms with E-state index in [1.807, 2.05) is 37.3 Å². The molecule has 0 bridgehead atoms. The van der Waals surface area contributed by atoms with Gasteiger partial charge in [-0.3, -0.25) is 0 Å². The molecule has 0 fully saturated rings. The van der Waals surface area contributed by atoms with Gasteiger partial charge in [-0.05, 0) is 36.8 Å². The summed E-state index contributed by atoms with van der Waals surface area (Å²) in [5, 5.41) is 1.54. The van der Waals surface area contributed by atoms with Crippen LogP contribution in [0, 0.1) is 6.92 Å². The predicted octanol–water partition coefficient (Wildman–Crippen LogP) is 3.78. The van der Waals surface area contributed by atoms with Crippen LogP contribution in [-0.2, 0) is 0 Å². The van der Waals surface area contributed by atoms with E-state index in [-0.39, 0.29) is 0 Å². The quantitative estimate of drug-likeness (QED) is 0.825. The molecule has 0 aliphatic rings. The number of anilines is 1. The second-order valence-electron chi connectivity index (χ2n) is 3.41. The van der Waals surface area contributed by atoms with Gasteiger partial charge in [0.25, 0.3) is 0 Å². The predicted molar refractivity (Wildman–Crippen MR) is 69.0 cm³/mol. The summed E-state index contributed by atoms with van der Waals surface area (Å²) in [4.78, 5) is 5.34. The number of hydrogen-bond acceptors (Lipinski definition) is 3. The summed E-state index contributed by atoms with van der Waals surface area (Å²) in [6.45, 7) is 2.01. The maximum absolute atomic E-state index is 5.99. The van der Waals surface area contributed by atoms with Crippen LogP contribution in [0.3, 0.4) is 0 Å². The molecule has 2 rings (SSSR count).